The maximum Gasteiger partial charge on any atom is 0.328 e. The molecule has 7 aliphatic carbocycles. The molecule has 7 fully saturated rings. The lowest BCUT2D eigenvalue weighted by Crippen LogP contribution is -2.47. The first kappa shape index (κ1) is 44.4. The smallest absolute Gasteiger partial charge is 0.328 e. The van der Waals surface area contributed by atoms with Gasteiger partial charge in [0.2, 0.25) is 0 Å². The lowest BCUT2D eigenvalue weighted by Gasteiger charge is -2.54. The minimum absolute atomic E-state index is 0.0234. The lowest BCUT2D eigenvalue weighted by atomic mass is 9.52. The van der Waals surface area contributed by atoms with E-state index in [0.29, 0.717) is 73.0 Å². The van der Waals surface area contributed by atoms with E-state index >= 15 is 0 Å². The molecule has 2 N–H and O–H groups in total. The van der Waals surface area contributed by atoms with E-state index in [4.69, 9.17) is 14.2 Å². The van der Waals surface area contributed by atoms with Gasteiger partial charge in [0, 0.05) is 30.8 Å². The van der Waals surface area contributed by atoms with Gasteiger partial charge in [-0.3, -0.25) is 14.2 Å². The Balaban J connectivity index is 0.859. The molecule has 0 amide bonds. The molecule has 326 valence electrons. The highest BCUT2D eigenvalue weighted by atomic mass is 31.2. The van der Waals surface area contributed by atoms with Crippen molar-refractivity contribution >= 4 is 19.2 Å². The number of carbonyl (C=O) groups excluding carboxylic acids is 2. The van der Waals surface area contributed by atoms with Crippen LogP contribution in [0.5, 0.6) is 0 Å². The second-order valence-corrected chi connectivity index (χ2v) is 23.0. The molecule has 7 aliphatic rings. The Morgan fingerprint density at radius 1 is 0.456 bits per heavy atom. The summed E-state index contributed by atoms with van der Waals surface area (Å²) in [5, 5.41) is 0. The van der Waals surface area contributed by atoms with Gasteiger partial charge in [0.15, 0.2) is 0 Å². The maximum absolute atomic E-state index is 13.4. The first-order valence-electron chi connectivity index (χ1n) is 24.4. The number of carbonyl (C=O) groups is 2. The summed E-state index contributed by atoms with van der Waals surface area (Å²) in [6.07, 6.45) is 31.2. The van der Waals surface area contributed by atoms with Crippen LogP contribution in [-0.4, -0.2) is 64.6 Å². The topological polar surface area (TPSA) is 119 Å². The van der Waals surface area contributed by atoms with Gasteiger partial charge in [0.25, 0.3) is 0 Å². The third-order valence-corrected chi connectivity index (χ3v) is 19.4. The van der Waals surface area contributed by atoms with E-state index in [0.717, 1.165) is 101 Å². The molecule has 0 aliphatic heterocycles. The molecular formula is C48H81O8P. The SMILES string of the molecule is COC1CCC(C(C)(C2CCC(OC3CCC(C(=O)C4CCC(C)CC4)CC3)CC2)C2CCC(OC3CCC(C(=O)C4CCC(P(=O)(O)O)CC4)CC3)CC2)CC1. The fourth-order valence-corrected chi connectivity index (χ4v) is 15.0. The third-order valence-electron chi connectivity index (χ3n) is 17.9. The summed E-state index contributed by atoms with van der Waals surface area (Å²) >= 11 is 0. The minimum Gasteiger partial charge on any atom is -0.381 e. The zero-order valence-corrected chi connectivity index (χ0v) is 37.1. The van der Waals surface area contributed by atoms with Gasteiger partial charge in [-0.15, -0.1) is 0 Å². The molecular weight excluding hydrogens is 735 g/mol. The van der Waals surface area contributed by atoms with Crippen molar-refractivity contribution in [1.82, 2.24) is 0 Å². The Kier molecular flexibility index (Phi) is 15.6. The normalized spacial score (nSPS) is 42.5. The van der Waals surface area contributed by atoms with Gasteiger partial charge in [-0.2, -0.15) is 0 Å². The summed E-state index contributed by atoms with van der Waals surface area (Å²) in [5.74, 6) is 4.63. The first-order chi connectivity index (χ1) is 27.4. The van der Waals surface area contributed by atoms with Crippen molar-refractivity contribution in [3.8, 4) is 0 Å². The van der Waals surface area contributed by atoms with Crippen LogP contribution in [0.2, 0.25) is 0 Å². The van der Waals surface area contributed by atoms with Crippen molar-refractivity contribution in [3.05, 3.63) is 0 Å². The van der Waals surface area contributed by atoms with Crippen LogP contribution in [0.25, 0.3) is 0 Å². The molecule has 0 heterocycles. The Morgan fingerprint density at radius 3 is 1.05 bits per heavy atom. The molecule has 0 bridgehead atoms. The summed E-state index contributed by atoms with van der Waals surface area (Å²) in [5.41, 5.74) is -0.221. The summed E-state index contributed by atoms with van der Waals surface area (Å²) in [6.45, 7) is 5.04. The van der Waals surface area contributed by atoms with Crippen molar-refractivity contribution in [2.24, 2.45) is 52.8 Å². The standard InChI is InChI=1S/C48H81O8P/c1-32-4-6-33(7-5-32)46(49)34-8-20-41(21-9-34)55-43-26-16-38(17-27-43)48(2,37-14-24-40(54-3)25-15-37)39-18-28-44(29-19-39)56-42-22-10-35(11-23-42)47(50)36-12-30-45(31-13-36)57(51,52)53/h32-45H,4-31H2,1-3H3,(H2,51,52,53). The van der Waals surface area contributed by atoms with E-state index in [1.807, 2.05) is 7.11 Å². The highest BCUT2D eigenvalue weighted by Crippen LogP contribution is 2.57. The summed E-state index contributed by atoms with van der Waals surface area (Å²) < 4.78 is 31.2. The van der Waals surface area contributed by atoms with Gasteiger partial charge in [0.05, 0.1) is 36.2 Å². The molecule has 0 saturated heterocycles. The van der Waals surface area contributed by atoms with E-state index in [2.05, 4.69) is 13.8 Å². The molecule has 0 aromatic rings. The first-order valence-corrected chi connectivity index (χ1v) is 26.0. The van der Waals surface area contributed by atoms with Crippen LogP contribution in [0.1, 0.15) is 194 Å². The molecule has 1 unspecified atom stereocenters. The van der Waals surface area contributed by atoms with Crippen LogP contribution in [0.3, 0.4) is 0 Å². The highest BCUT2D eigenvalue weighted by Gasteiger charge is 2.50. The van der Waals surface area contributed by atoms with Crippen molar-refractivity contribution in [2.75, 3.05) is 7.11 Å². The molecule has 0 radical (unpaired) electrons. The van der Waals surface area contributed by atoms with Crippen LogP contribution in [-0.2, 0) is 28.4 Å². The zero-order chi connectivity index (χ0) is 40.2. The van der Waals surface area contributed by atoms with Crippen LogP contribution >= 0.6 is 7.60 Å². The summed E-state index contributed by atoms with van der Waals surface area (Å²) in [4.78, 5) is 45.8. The van der Waals surface area contributed by atoms with Gasteiger partial charge < -0.3 is 24.0 Å². The Bertz CT molecular complexity index is 1310. The van der Waals surface area contributed by atoms with Crippen LogP contribution in [0.4, 0.5) is 0 Å². The third kappa shape index (κ3) is 11.1. The summed E-state index contributed by atoms with van der Waals surface area (Å²) in [7, 11) is -2.16. The zero-order valence-electron chi connectivity index (χ0n) is 36.2. The highest BCUT2D eigenvalue weighted by molar-refractivity contribution is 7.52. The van der Waals surface area contributed by atoms with E-state index < -0.39 is 13.3 Å². The van der Waals surface area contributed by atoms with Crippen molar-refractivity contribution in [3.63, 3.8) is 0 Å². The number of rotatable bonds is 13. The van der Waals surface area contributed by atoms with Crippen LogP contribution in [0.15, 0.2) is 0 Å². The van der Waals surface area contributed by atoms with Gasteiger partial charge in [-0.05, 0) is 196 Å². The maximum atomic E-state index is 13.4. The Hall–Kier alpha value is -0.630. The second kappa shape index (κ2) is 20.0. The van der Waals surface area contributed by atoms with E-state index in [-0.39, 0.29) is 23.9 Å². The predicted molar refractivity (Wildman–Crippen MR) is 225 cm³/mol. The van der Waals surface area contributed by atoms with Crippen molar-refractivity contribution in [2.45, 2.75) is 230 Å². The van der Waals surface area contributed by atoms with Crippen LogP contribution < -0.4 is 0 Å². The number of hydrogen-bond acceptors (Lipinski definition) is 6. The quantitative estimate of drug-likeness (QED) is 0.176. The Labute approximate surface area is 346 Å². The van der Waals surface area contributed by atoms with Crippen molar-refractivity contribution in [1.29, 1.82) is 0 Å². The van der Waals surface area contributed by atoms with Gasteiger partial charge in [0.1, 0.15) is 11.6 Å². The van der Waals surface area contributed by atoms with E-state index in [9.17, 15) is 23.9 Å². The molecule has 7 saturated carbocycles. The molecule has 9 heteroatoms. The number of methoxy groups -OCH3 is 1. The predicted octanol–water partition coefficient (Wildman–Crippen LogP) is 11.2. The summed E-state index contributed by atoms with van der Waals surface area (Å²) in [6, 6.07) is 0. The molecule has 7 rings (SSSR count). The molecule has 8 nitrogen and oxygen atoms in total. The molecule has 57 heavy (non-hydrogen) atoms. The largest absolute Gasteiger partial charge is 0.381 e. The fraction of sp³-hybridized carbons (Fsp3) is 0.958. The average molecular weight is 817 g/mol. The van der Waals surface area contributed by atoms with Gasteiger partial charge in [-0.25, -0.2) is 0 Å². The Morgan fingerprint density at radius 2 is 0.737 bits per heavy atom. The minimum atomic E-state index is -4.05. The average Bonchev–Trinajstić information content (AvgIpc) is 3.24. The van der Waals surface area contributed by atoms with E-state index in [1.54, 1.807) is 0 Å². The molecule has 1 atom stereocenters. The number of ether oxygens (including phenoxy) is 3. The fourth-order valence-electron chi connectivity index (χ4n) is 14.0. The molecule has 0 aromatic carbocycles. The van der Waals surface area contributed by atoms with Crippen LogP contribution in [0, 0.1) is 52.8 Å². The van der Waals surface area contributed by atoms with Crippen molar-refractivity contribution < 1.29 is 38.2 Å². The van der Waals surface area contributed by atoms with E-state index in [1.165, 1.54) is 77.0 Å². The van der Waals surface area contributed by atoms with Gasteiger partial charge >= 0.3 is 7.60 Å². The number of ketones is 2. The molecule has 0 spiro atoms. The van der Waals surface area contributed by atoms with Gasteiger partial charge in [-0.1, -0.05) is 26.7 Å². The number of Topliss-reactive ketones (excluding diaryl/α,β-unsaturated/α-hetero) is 2. The second-order valence-electron chi connectivity index (χ2n) is 21.1. The lowest BCUT2D eigenvalue weighted by molar-refractivity contribution is -0.131. The number of hydrogen-bond donors (Lipinski definition) is 2. The molecule has 0 aromatic heterocycles. The monoisotopic (exact) mass is 817 g/mol.